The Morgan fingerprint density at radius 1 is 1.35 bits per heavy atom. The Bertz CT molecular complexity index is 885. The number of hydrogen-bond acceptors (Lipinski definition) is 3. The van der Waals surface area contributed by atoms with Crippen LogP contribution in [0.15, 0.2) is 36.7 Å². The molecule has 4 rings (SSSR count). The van der Waals surface area contributed by atoms with Crippen LogP contribution >= 0.6 is 11.6 Å². The number of aromatic amines is 1. The van der Waals surface area contributed by atoms with Crippen LogP contribution in [0.5, 0.6) is 0 Å². The third-order valence-corrected chi connectivity index (χ3v) is 4.35. The van der Waals surface area contributed by atoms with Crippen molar-refractivity contribution in [3.63, 3.8) is 0 Å². The van der Waals surface area contributed by atoms with Gasteiger partial charge in [-0.05, 0) is 24.8 Å². The van der Waals surface area contributed by atoms with Crippen LogP contribution in [0.1, 0.15) is 23.2 Å². The Hall–Kier alpha value is -2.40. The molecule has 2 N–H and O–H groups in total. The van der Waals surface area contributed by atoms with Crippen molar-refractivity contribution in [2.75, 3.05) is 6.54 Å². The lowest BCUT2D eigenvalue weighted by atomic mass is 10.1. The molecule has 23 heavy (non-hydrogen) atoms. The highest BCUT2D eigenvalue weighted by Gasteiger charge is 2.23. The lowest BCUT2D eigenvalue weighted by Crippen LogP contribution is -2.25. The first-order valence-corrected chi connectivity index (χ1v) is 7.97. The lowest BCUT2D eigenvalue weighted by Gasteiger charge is -2.05. The van der Waals surface area contributed by atoms with Crippen molar-refractivity contribution in [1.29, 1.82) is 0 Å². The highest BCUT2D eigenvalue weighted by molar-refractivity contribution is 6.33. The number of fused-ring (bicyclic) bond motifs is 1. The normalized spacial score (nSPS) is 14.1. The molecule has 0 radical (unpaired) electrons. The van der Waals surface area contributed by atoms with E-state index in [0.29, 0.717) is 33.4 Å². The molecule has 0 aliphatic heterocycles. The number of nitrogens with zero attached hydrogens (tertiary/aromatic N) is 2. The van der Waals surface area contributed by atoms with Crippen molar-refractivity contribution >= 4 is 28.7 Å². The molecule has 1 aliphatic carbocycles. The van der Waals surface area contributed by atoms with E-state index in [1.807, 2.05) is 24.3 Å². The summed E-state index contributed by atoms with van der Waals surface area (Å²) in [5.74, 6) is 0.516. The fourth-order valence-electron chi connectivity index (χ4n) is 2.52. The van der Waals surface area contributed by atoms with Crippen molar-refractivity contribution in [3.8, 4) is 11.3 Å². The van der Waals surface area contributed by atoms with Gasteiger partial charge in [0.1, 0.15) is 5.52 Å². The first-order valence-electron chi connectivity index (χ1n) is 7.59. The summed E-state index contributed by atoms with van der Waals surface area (Å²) in [5.41, 5.74) is 3.13. The molecule has 1 amide bonds. The molecule has 0 bridgehead atoms. The fraction of sp³-hybridized carbons (Fsp3) is 0.235. The monoisotopic (exact) mass is 326 g/mol. The topological polar surface area (TPSA) is 70.7 Å². The van der Waals surface area contributed by atoms with Crippen LogP contribution in [0, 0.1) is 5.92 Å². The van der Waals surface area contributed by atoms with Crippen molar-refractivity contribution < 1.29 is 4.79 Å². The molecule has 2 aromatic heterocycles. The van der Waals surface area contributed by atoms with Crippen molar-refractivity contribution in [2.24, 2.45) is 5.92 Å². The average molecular weight is 327 g/mol. The van der Waals surface area contributed by atoms with Crippen LogP contribution in [0.3, 0.4) is 0 Å². The third kappa shape index (κ3) is 2.80. The number of aromatic nitrogens is 3. The van der Waals surface area contributed by atoms with Gasteiger partial charge in [0.15, 0.2) is 5.65 Å². The molecule has 1 fully saturated rings. The molecule has 1 aliphatic rings. The van der Waals surface area contributed by atoms with Crippen LogP contribution in [0.4, 0.5) is 0 Å². The number of rotatable bonds is 4. The second-order valence-electron chi connectivity index (χ2n) is 5.79. The summed E-state index contributed by atoms with van der Waals surface area (Å²) in [4.78, 5) is 24.3. The SMILES string of the molecule is O=C(NCC1CC1)c1c[nH]c2ncc(-c3ccccc3Cl)nc12. The quantitative estimate of drug-likeness (QED) is 0.771. The maximum Gasteiger partial charge on any atom is 0.255 e. The van der Waals surface area contributed by atoms with E-state index in [9.17, 15) is 4.79 Å². The second kappa shape index (κ2) is 5.66. The minimum Gasteiger partial charge on any atom is -0.352 e. The number of amides is 1. The summed E-state index contributed by atoms with van der Waals surface area (Å²) in [6.07, 6.45) is 5.71. The number of halogens is 1. The lowest BCUT2D eigenvalue weighted by molar-refractivity contribution is 0.0953. The minimum atomic E-state index is -0.117. The molecule has 3 aromatic rings. The van der Waals surface area contributed by atoms with Gasteiger partial charge < -0.3 is 10.3 Å². The van der Waals surface area contributed by atoms with Gasteiger partial charge >= 0.3 is 0 Å². The zero-order valence-corrected chi connectivity index (χ0v) is 13.1. The first kappa shape index (κ1) is 14.2. The zero-order valence-electron chi connectivity index (χ0n) is 12.3. The smallest absolute Gasteiger partial charge is 0.255 e. The van der Waals surface area contributed by atoms with Crippen molar-refractivity contribution in [2.45, 2.75) is 12.8 Å². The molecule has 1 aromatic carbocycles. The molecule has 2 heterocycles. The third-order valence-electron chi connectivity index (χ3n) is 4.02. The van der Waals surface area contributed by atoms with E-state index in [1.54, 1.807) is 12.4 Å². The molecule has 6 heteroatoms. The van der Waals surface area contributed by atoms with Crippen LogP contribution in [0.25, 0.3) is 22.4 Å². The molecule has 0 saturated heterocycles. The standard InChI is InChI=1S/C17H15ClN4O/c18-13-4-2-1-3-11(13)14-9-20-16-15(22-14)12(8-19-16)17(23)21-7-10-5-6-10/h1-4,8-10H,5-7H2,(H,19,20)(H,21,23). The summed E-state index contributed by atoms with van der Waals surface area (Å²) in [6, 6.07) is 7.46. The molecule has 0 atom stereocenters. The van der Waals surface area contributed by atoms with Crippen molar-refractivity contribution in [1.82, 2.24) is 20.3 Å². The second-order valence-corrected chi connectivity index (χ2v) is 6.20. The van der Waals surface area contributed by atoms with E-state index in [2.05, 4.69) is 20.3 Å². The van der Waals surface area contributed by atoms with Gasteiger partial charge in [-0.2, -0.15) is 0 Å². The first-order chi connectivity index (χ1) is 11.2. The van der Waals surface area contributed by atoms with E-state index in [4.69, 9.17) is 11.6 Å². The summed E-state index contributed by atoms with van der Waals surface area (Å²) >= 11 is 6.22. The van der Waals surface area contributed by atoms with Gasteiger partial charge in [0, 0.05) is 18.3 Å². The van der Waals surface area contributed by atoms with Gasteiger partial charge in [-0.15, -0.1) is 0 Å². The average Bonchev–Trinajstić information content (AvgIpc) is 3.30. The summed E-state index contributed by atoms with van der Waals surface area (Å²) in [6.45, 7) is 0.725. The minimum absolute atomic E-state index is 0.117. The van der Waals surface area contributed by atoms with E-state index < -0.39 is 0 Å². The highest BCUT2D eigenvalue weighted by Crippen LogP contribution is 2.29. The van der Waals surface area contributed by atoms with Gasteiger partial charge in [0.05, 0.1) is 22.5 Å². The van der Waals surface area contributed by atoms with Gasteiger partial charge in [-0.25, -0.2) is 9.97 Å². The number of H-pyrrole nitrogens is 1. The Kier molecular flexibility index (Phi) is 3.50. The van der Waals surface area contributed by atoms with Crippen LogP contribution in [-0.2, 0) is 0 Å². The number of carbonyl (C=O) groups is 1. The Morgan fingerprint density at radius 2 is 2.17 bits per heavy atom. The summed E-state index contributed by atoms with van der Waals surface area (Å²) in [5, 5.41) is 3.56. The largest absolute Gasteiger partial charge is 0.352 e. The molecule has 0 spiro atoms. The molecule has 0 unspecified atom stereocenters. The van der Waals surface area contributed by atoms with E-state index in [-0.39, 0.29) is 5.91 Å². The predicted octanol–water partition coefficient (Wildman–Crippen LogP) is 3.42. The summed E-state index contributed by atoms with van der Waals surface area (Å²) < 4.78 is 0. The van der Waals surface area contributed by atoms with Crippen LogP contribution < -0.4 is 5.32 Å². The summed E-state index contributed by atoms with van der Waals surface area (Å²) in [7, 11) is 0. The number of nitrogens with one attached hydrogen (secondary N) is 2. The van der Waals surface area contributed by atoms with Gasteiger partial charge in [0.25, 0.3) is 5.91 Å². The van der Waals surface area contributed by atoms with Gasteiger partial charge in [-0.1, -0.05) is 29.8 Å². The van der Waals surface area contributed by atoms with E-state index in [0.717, 1.165) is 12.1 Å². The Balaban J connectivity index is 1.71. The van der Waals surface area contributed by atoms with Gasteiger partial charge in [-0.3, -0.25) is 4.79 Å². The Labute approximate surface area is 138 Å². The molecule has 1 saturated carbocycles. The molecular weight excluding hydrogens is 312 g/mol. The fourth-order valence-corrected chi connectivity index (χ4v) is 2.75. The van der Waals surface area contributed by atoms with E-state index >= 15 is 0 Å². The Morgan fingerprint density at radius 3 is 2.96 bits per heavy atom. The number of carbonyl (C=O) groups excluding carboxylic acids is 1. The molecular formula is C17H15ClN4O. The maximum absolute atomic E-state index is 12.3. The molecule has 5 nitrogen and oxygen atoms in total. The van der Waals surface area contributed by atoms with E-state index in [1.165, 1.54) is 12.8 Å². The van der Waals surface area contributed by atoms with Gasteiger partial charge in [0.2, 0.25) is 0 Å². The van der Waals surface area contributed by atoms with Crippen LogP contribution in [0.2, 0.25) is 5.02 Å². The maximum atomic E-state index is 12.3. The van der Waals surface area contributed by atoms with Crippen molar-refractivity contribution in [3.05, 3.63) is 47.2 Å². The highest BCUT2D eigenvalue weighted by atomic mass is 35.5. The zero-order chi connectivity index (χ0) is 15.8. The number of benzene rings is 1. The molecule has 116 valence electrons. The predicted molar refractivity (Wildman–Crippen MR) is 89.4 cm³/mol. The van der Waals surface area contributed by atoms with Crippen LogP contribution in [-0.4, -0.2) is 27.4 Å². The number of hydrogen-bond donors (Lipinski definition) is 2.